The third-order valence-electron chi connectivity index (χ3n) is 7.49. The van der Waals surface area contributed by atoms with Crippen molar-refractivity contribution >= 4 is 11.8 Å². The van der Waals surface area contributed by atoms with E-state index in [9.17, 15) is 9.59 Å². The third kappa shape index (κ3) is 30.9. The van der Waals surface area contributed by atoms with Gasteiger partial charge in [0.1, 0.15) is 0 Å². The van der Waals surface area contributed by atoms with Gasteiger partial charge in [-0.05, 0) is 18.8 Å². The monoisotopic (exact) mass is 494 g/mol. The van der Waals surface area contributed by atoms with Gasteiger partial charge in [0.25, 0.3) is 0 Å². The minimum Gasteiger partial charge on any atom is -0.370 e. The minimum absolute atomic E-state index is 0.157. The lowest BCUT2D eigenvalue weighted by atomic mass is 9.95. The van der Waals surface area contributed by atoms with Crippen LogP contribution in [-0.4, -0.2) is 11.8 Å². The van der Waals surface area contributed by atoms with Crippen LogP contribution < -0.4 is 11.5 Å². The number of unbranched alkanes of at least 4 members (excludes halogenated alkanes) is 21. The Bertz CT molecular complexity index is 467. The Morgan fingerprint density at radius 3 is 0.829 bits per heavy atom. The van der Waals surface area contributed by atoms with E-state index in [1.165, 1.54) is 135 Å². The van der Waals surface area contributed by atoms with Crippen LogP contribution in [0.3, 0.4) is 0 Å². The molecular weight excluding hydrogens is 432 g/mol. The van der Waals surface area contributed by atoms with Gasteiger partial charge in [0.05, 0.1) is 0 Å². The summed E-state index contributed by atoms with van der Waals surface area (Å²) in [5.74, 6) is 0.596. The van der Waals surface area contributed by atoms with Crippen LogP contribution in [0.15, 0.2) is 0 Å². The van der Waals surface area contributed by atoms with E-state index in [0.717, 1.165) is 31.6 Å². The third-order valence-corrected chi connectivity index (χ3v) is 7.49. The molecule has 4 heteroatoms. The van der Waals surface area contributed by atoms with Gasteiger partial charge in [-0.2, -0.15) is 0 Å². The molecule has 0 aliphatic rings. The summed E-state index contributed by atoms with van der Waals surface area (Å²) in [6, 6.07) is 0. The molecule has 0 saturated heterocycles. The number of amides is 2. The van der Waals surface area contributed by atoms with Gasteiger partial charge in [0, 0.05) is 12.8 Å². The van der Waals surface area contributed by atoms with Gasteiger partial charge in [-0.25, -0.2) is 0 Å². The number of rotatable bonds is 29. The average Bonchev–Trinajstić information content (AvgIpc) is 2.81. The number of primary amides is 2. The van der Waals surface area contributed by atoms with Crippen LogP contribution in [0.5, 0.6) is 0 Å². The zero-order valence-corrected chi connectivity index (χ0v) is 23.6. The van der Waals surface area contributed by atoms with Crippen LogP contribution in [0, 0.1) is 5.92 Å². The maximum Gasteiger partial charge on any atom is 0.217 e. The molecule has 0 aromatic rings. The molecule has 1 unspecified atom stereocenters. The summed E-state index contributed by atoms with van der Waals surface area (Å²) in [5, 5.41) is 0. The van der Waals surface area contributed by atoms with Crippen molar-refractivity contribution in [3.8, 4) is 0 Å². The van der Waals surface area contributed by atoms with Gasteiger partial charge in [0.15, 0.2) is 0 Å². The molecule has 0 rings (SSSR count). The van der Waals surface area contributed by atoms with Crippen molar-refractivity contribution in [2.45, 2.75) is 180 Å². The van der Waals surface area contributed by atoms with Gasteiger partial charge in [-0.1, -0.05) is 155 Å². The largest absolute Gasteiger partial charge is 0.370 e. The molecule has 0 aliphatic heterocycles. The topological polar surface area (TPSA) is 86.2 Å². The molecule has 0 saturated carbocycles. The SMILES string of the molecule is CC(CCCCCCCCCCCCCCC(N)=O)CCCCCCCCCCCCCC(N)=O. The molecule has 0 radical (unpaired) electrons. The second-order valence-electron chi connectivity index (χ2n) is 11.2. The fraction of sp³-hybridized carbons (Fsp3) is 0.935. The summed E-state index contributed by atoms with van der Waals surface area (Å²) < 4.78 is 0. The fourth-order valence-corrected chi connectivity index (χ4v) is 5.09. The first-order valence-electron chi connectivity index (χ1n) is 15.6. The summed E-state index contributed by atoms with van der Waals surface area (Å²) in [7, 11) is 0. The molecule has 2 amide bonds. The smallest absolute Gasteiger partial charge is 0.217 e. The highest BCUT2D eigenvalue weighted by Gasteiger charge is 2.02. The first-order valence-corrected chi connectivity index (χ1v) is 15.6. The Balaban J connectivity index is 3.17. The van der Waals surface area contributed by atoms with E-state index in [1.807, 2.05) is 0 Å². The zero-order chi connectivity index (χ0) is 25.8. The summed E-state index contributed by atoms with van der Waals surface area (Å²) in [4.78, 5) is 21.4. The lowest BCUT2D eigenvalue weighted by Gasteiger charge is -2.11. The van der Waals surface area contributed by atoms with Crippen LogP contribution in [0.2, 0.25) is 0 Å². The predicted molar refractivity (Wildman–Crippen MR) is 152 cm³/mol. The molecule has 1 atom stereocenters. The predicted octanol–water partition coefficient (Wildman–Crippen LogP) is 9.13. The van der Waals surface area contributed by atoms with Crippen molar-refractivity contribution in [1.29, 1.82) is 0 Å². The van der Waals surface area contributed by atoms with Gasteiger partial charge >= 0.3 is 0 Å². The van der Waals surface area contributed by atoms with E-state index >= 15 is 0 Å². The summed E-state index contributed by atoms with van der Waals surface area (Å²) in [6.07, 6.45) is 34.4. The van der Waals surface area contributed by atoms with Gasteiger partial charge in [-0.15, -0.1) is 0 Å². The summed E-state index contributed by atoms with van der Waals surface area (Å²) in [5.41, 5.74) is 10.3. The molecule has 4 nitrogen and oxygen atoms in total. The standard InChI is InChI=1S/C31H62N2O2/c1-29(26-22-18-14-10-6-4-8-12-16-20-24-28-31(33)35)25-21-17-13-9-5-2-3-7-11-15-19-23-27-30(32)34/h29H,2-28H2,1H3,(H2,32,34)(H2,33,35). The van der Waals surface area contributed by atoms with Gasteiger partial charge in [-0.3, -0.25) is 9.59 Å². The van der Waals surface area contributed by atoms with Crippen LogP contribution in [0.4, 0.5) is 0 Å². The number of carbonyl (C=O) groups excluding carboxylic acids is 2. The number of hydrogen-bond donors (Lipinski definition) is 2. The van der Waals surface area contributed by atoms with Crippen molar-refractivity contribution in [2.75, 3.05) is 0 Å². The molecule has 0 fully saturated rings. The Kier molecular flexibility index (Phi) is 26.7. The Hall–Kier alpha value is -1.06. The van der Waals surface area contributed by atoms with Crippen LogP contribution >= 0.6 is 0 Å². The average molecular weight is 495 g/mol. The van der Waals surface area contributed by atoms with Crippen LogP contribution in [0.25, 0.3) is 0 Å². The maximum atomic E-state index is 10.7. The Labute approximate surface area is 219 Å². The van der Waals surface area contributed by atoms with Gasteiger partial charge in [0.2, 0.25) is 11.8 Å². The Morgan fingerprint density at radius 2 is 0.600 bits per heavy atom. The molecule has 4 N–H and O–H groups in total. The maximum absolute atomic E-state index is 10.7. The van der Waals surface area contributed by atoms with Crippen LogP contribution in [-0.2, 0) is 9.59 Å². The highest BCUT2D eigenvalue weighted by Crippen LogP contribution is 2.19. The minimum atomic E-state index is -0.157. The molecule has 0 heterocycles. The van der Waals surface area contributed by atoms with Crippen molar-refractivity contribution < 1.29 is 9.59 Å². The number of carbonyl (C=O) groups is 2. The molecule has 0 aromatic heterocycles. The van der Waals surface area contributed by atoms with Crippen molar-refractivity contribution in [1.82, 2.24) is 0 Å². The Morgan fingerprint density at radius 1 is 0.400 bits per heavy atom. The molecule has 0 bridgehead atoms. The second-order valence-corrected chi connectivity index (χ2v) is 11.2. The quantitative estimate of drug-likeness (QED) is 0.102. The van der Waals surface area contributed by atoms with Crippen molar-refractivity contribution in [2.24, 2.45) is 17.4 Å². The van der Waals surface area contributed by atoms with E-state index in [0.29, 0.717) is 12.8 Å². The number of nitrogens with two attached hydrogens (primary N) is 2. The van der Waals surface area contributed by atoms with E-state index in [1.54, 1.807) is 0 Å². The summed E-state index contributed by atoms with van der Waals surface area (Å²) >= 11 is 0. The normalized spacial score (nSPS) is 12.1. The van der Waals surface area contributed by atoms with E-state index in [-0.39, 0.29) is 11.8 Å². The highest BCUT2D eigenvalue weighted by molar-refractivity contribution is 5.73. The zero-order valence-electron chi connectivity index (χ0n) is 23.6. The second kappa shape index (κ2) is 27.5. The highest BCUT2D eigenvalue weighted by atomic mass is 16.1. The summed E-state index contributed by atoms with van der Waals surface area (Å²) in [6.45, 7) is 2.46. The fourth-order valence-electron chi connectivity index (χ4n) is 5.09. The molecule has 0 aromatic carbocycles. The lowest BCUT2D eigenvalue weighted by Crippen LogP contribution is -2.09. The van der Waals surface area contributed by atoms with Crippen LogP contribution in [0.1, 0.15) is 180 Å². The van der Waals surface area contributed by atoms with E-state index in [4.69, 9.17) is 11.5 Å². The van der Waals surface area contributed by atoms with Crippen molar-refractivity contribution in [3.63, 3.8) is 0 Å². The van der Waals surface area contributed by atoms with Crippen molar-refractivity contribution in [3.05, 3.63) is 0 Å². The van der Waals surface area contributed by atoms with E-state index in [2.05, 4.69) is 6.92 Å². The van der Waals surface area contributed by atoms with Gasteiger partial charge < -0.3 is 11.5 Å². The molecule has 0 spiro atoms. The number of hydrogen-bond acceptors (Lipinski definition) is 2. The van der Waals surface area contributed by atoms with E-state index < -0.39 is 0 Å². The molecule has 0 aliphatic carbocycles. The molecule has 208 valence electrons. The lowest BCUT2D eigenvalue weighted by molar-refractivity contribution is -0.119. The molecule has 35 heavy (non-hydrogen) atoms. The molecular formula is C31H62N2O2. The first-order chi connectivity index (χ1) is 17.0. The first kappa shape index (κ1) is 33.9.